The number of ether oxygens (including phenoxy) is 1. The van der Waals surface area contributed by atoms with E-state index in [0.29, 0.717) is 12.5 Å². The molecule has 0 saturated heterocycles. The normalized spacial score (nSPS) is 12.0. The topological polar surface area (TPSA) is 51.5 Å². The third-order valence-electron chi connectivity index (χ3n) is 3.07. The molecule has 1 N–H and O–H groups in total. The Kier molecular flexibility index (Phi) is 4.60. The van der Waals surface area contributed by atoms with Gasteiger partial charge >= 0.3 is 0 Å². The van der Waals surface area contributed by atoms with Gasteiger partial charge in [0, 0.05) is 24.4 Å². The van der Waals surface area contributed by atoms with E-state index in [4.69, 9.17) is 4.74 Å². The molecule has 0 aliphatic rings. The second kappa shape index (κ2) is 6.22. The van der Waals surface area contributed by atoms with E-state index in [1.54, 1.807) is 6.20 Å². The Labute approximate surface area is 120 Å². The quantitative estimate of drug-likeness (QED) is 0.823. The Morgan fingerprint density at radius 2 is 2.10 bits per heavy atom. The van der Waals surface area contributed by atoms with Gasteiger partial charge in [0.25, 0.3) is 0 Å². The van der Waals surface area contributed by atoms with Gasteiger partial charge in [-0.15, -0.1) is 0 Å². The van der Waals surface area contributed by atoms with Crippen LogP contribution in [0.5, 0.6) is 5.88 Å². The van der Waals surface area contributed by atoms with Crippen LogP contribution in [0, 0.1) is 0 Å². The highest BCUT2D eigenvalue weighted by Crippen LogP contribution is 2.25. The summed E-state index contributed by atoms with van der Waals surface area (Å²) in [6.45, 7) is 11.1. The van der Waals surface area contributed by atoms with Crippen molar-refractivity contribution in [1.29, 1.82) is 0 Å². The Morgan fingerprint density at radius 1 is 1.30 bits per heavy atom. The third-order valence-corrected chi connectivity index (χ3v) is 3.07. The van der Waals surface area contributed by atoms with Gasteiger partial charge in [0.15, 0.2) is 0 Å². The van der Waals surface area contributed by atoms with Crippen molar-refractivity contribution in [2.45, 2.75) is 39.5 Å². The molecule has 0 spiro atoms. The molecule has 0 aromatic carbocycles. The first-order valence-electron chi connectivity index (χ1n) is 7.20. The number of nitrogens with one attached hydrogen (secondary N) is 1. The average molecular weight is 276 g/mol. The van der Waals surface area contributed by atoms with Crippen LogP contribution in [-0.2, 0) is 5.41 Å². The summed E-state index contributed by atoms with van der Waals surface area (Å²) < 4.78 is 7.59. The summed E-state index contributed by atoms with van der Waals surface area (Å²) in [4.78, 5) is 4.31. The van der Waals surface area contributed by atoms with E-state index in [-0.39, 0.29) is 5.41 Å². The fourth-order valence-electron chi connectivity index (χ4n) is 1.90. The van der Waals surface area contributed by atoms with E-state index in [9.17, 15) is 0 Å². The Morgan fingerprint density at radius 3 is 2.80 bits per heavy atom. The molecule has 110 valence electrons. The molecular formula is C15H24N4O. The van der Waals surface area contributed by atoms with Crippen molar-refractivity contribution in [3.63, 3.8) is 0 Å². The molecule has 5 nitrogen and oxygen atoms in total. The molecule has 0 atom stereocenters. The zero-order valence-corrected chi connectivity index (χ0v) is 12.8. The van der Waals surface area contributed by atoms with Gasteiger partial charge in [-0.1, -0.05) is 27.7 Å². The van der Waals surface area contributed by atoms with Crippen LogP contribution in [-0.4, -0.2) is 34.3 Å². The molecule has 0 saturated carbocycles. The van der Waals surface area contributed by atoms with E-state index >= 15 is 0 Å². The number of aromatic nitrogens is 3. The largest absolute Gasteiger partial charge is 0.475 e. The molecule has 0 aliphatic carbocycles. The molecular weight excluding hydrogens is 252 g/mol. The molecule has 2 aromatic rings. The number of hydrogen-bond donors (Lipinski definition) is 1. The van der Waals surface area contributed by atoms with E-state index in [0.717, 1.165) is 30.7 Å². The molecule has 2 aromatic heterocycles. The minimum absolute atomic E-state index is 0.0198. The van der Waals surface area contributed by atoms with Crippen LogP contribution < -0.4 is 10.1 Å². The molecule has 0 bridgehead atoms. The van der Waals surface area contributed by atoms with E-state index in [1.165, 1.54) is 0 Å². The monoisotopic (exact) mass is 276 g/mol. The van der Waals surface area contributed by atoms with Crippen molar-refractivity contribution in [2.75, 3.05) is 19.7 Å². The summed E-state index contributed by atoms with van der Waals surface area (Å²) in [6.07, 6.45) is 4.71. The first-order valence-corrected chi connectivity index (χ1v) is 7.20. The highest BCUT2D eigenvalue weighted by molar-refractivity contribution is 5.57. The fourth-order valence-corrected chi connectivity index (χ4v) is 1.90. The predicted molar refractivity (Wildman–Crippen MR) is 80.3 cm³/mol. The van der Waals surface area contributed by atoms with Crippen molar-refractivity contribution in [1.82, 2.24) is 19.9 Å². The van der Waals surface area contributed by atoms with Crippen LogP contribution in [0.15, 0.2) is 18.5 Å². The van der Waals surface area contributed by atoms with Crippen LogP contribution in [0.4, 0.5) is 0 Å². The molecule has 0 fully saturated rings. The van der Waals surface area contributed by atoms with Crippen molar-refractivity contribution in [2.24, 2.45) is 0 Å². The van der Waals surface area contributed by atoms with E-state index in [2.05, 4.69) is 49.2 Å². The lowest BCUT2D eigenvalue weighted by molar-refractivity contribution is 0.305. The first kappa shape index (κ1) is 14.8. The van der Waals surface area contributed by atoms with Gasteiger partial charge in [-0.3, -0.25) is 0 Å². The second-order valence-corrected chi connectivity index (χ2v) is 5.94. The Hall–Kier alpha value is -1.62. The highest BCUT2D eigenvalue weighted by atomic mass is 16.5. The SMILES string of the molecule is CCCNCCOc1nccn2nc(C(C)(C)C)cc12. The number of nitrogens with zero attached hydrogens (tertiary/aromatic N) is 3. The first-order chi connectivity index (χ1) is 9.52. The molecule has 2 rings (SSSR count). The fraction of sp³-hybridized carbons (Fsp3) is 0.600. The highest BCUT2D eigenvalue weighted by Gasteiger charge is 2.19. The zero-order chi connectivity index (χ0) is 14.6. The number of hydrogen-bond acceptors (Lipinski definition) is 4. The van der Waals surface area contributed by atoms with Crippen LogP contribution in [0.25, 0.3) is 5.52 Å². The summed E-state index contributed by atoms with van der Waals surface area (Å²) in [5.74, 6) is 0.647. The lowest BCUT2D eigenvalue weighted by atomic mass is 9.92. The van der Waals surface area contributed by atoms with Crippen LogP contribution in [0.1, 0.15) is 39.8 Å². The lowest BCUT2D eigenvalue weighted by Gasteiger charge is -2.13. The predicted octanol–water partition coefficient (Wildman–Crippen LogP) is 2.41. The third kappa shape index (κ3) is 3.48. The Bertz CT molecular complexity index is 556. The van der Waals surface area contributed by atoms with Gasteiger partial charge in [0.1, 0.15) is 12.1 Å². The summed E-state index contributed by atoms with van der Waals surface area (Å²) in [5.41, 5.74) is 1.98. The number of fused-ring (bicyclic) bond motifs is 1. The van der Waals surface area contributed by atoms with E-state index in [1.807, 2.05) is 10.7 Å². The lowest BCUT2D eigenvalue weighted by Crippen LogP contribution is -2.21. The van der Waals surface area contributed by atoms with Crippen LogP contribution >= 0.6 is 0 Å². The smallest absolute Gasteiger partial charge is 0.240 e. The van der Waals surface area contributed by atoms with Crippen molar-refractivity contribution >= 4 is 5.52 Å². The van der Waals surface area contributed by atoms with Gasteiger partial charge in [-0.2, -0.15) is 5.10 Å². The molecule has 5 heteroatoms. The van der Waals surface area contributed by atoms with Crippen molar-refractivity contribution in [3.8, 4) is 5.88 Å². The molecule has 2 heterocycles. The standard InChI is InChI=1S/C15H24N4O/c1-5-6-16-8-10-20-14-12-11-13(15(2,3)4)18-19(12)9-7-17-14/h7,9,11,16H,5-6,8,10H2,1-4H3. The van der Waals surface area contributed by atoms with Crippen molar-refractivity contribution < 1.29 is 4.74 Å². The minimum Gasteiger partial charge on any atom is -0.475 e. The molecule has 20 heavy (non-hydrogen) atoms. The van der Waals surface area contributed by atoms with Gasteiger partial charge in [-0.25, -0.2) is 9.50 Å². The molecule has 0 aliphatic heterocycles. The summed E-state index contributed by atoms with van der Waals surface area (Å²) in [7, 11) is 0. The molecule has 0 unspecified atom stereocenters. The van der Waals surface area contributed by atoms with Crippen LogP contribution in [0.3, 0.4) is 0 Å². The van der Waals surface area contributed by atoms with E-state index < -0.39 is 0 Å². The Balaban J connectivity index is 2.11. The summed E-state index contributed by atoms with van der Waals surface area (Å²) >= 11 is 0. The summed E-state index contributed by atoms with van der Waals surface area (Å²) in [6, 6.07) is 2.06. The maximum atomic E-state index is 5.76. The summed E-state index contributed by atoms with van der Waals surface area (Å²) in [5, 5.41) is 7.89. The van der Waals surface area contributed by atoms with Gasteiger partial charge in [0.05, 0.1) is 5.69 Å². The molecule has 0 radical (unpaired) electrons. The number of rotatable bonds is 6. The minimum atomic E-state index is 0.0198. The maximum Gasteiger partial charge on any atom is 0.240 e. The zero-order valence-electron chi connectivity index (χ0n) is 12.8. The maximum absolute atomic E-state index is 5.76. The van der Waals surface area contributed by atoms with Gasteiger partial charge in [-0.05, 0) is 19.0 Å². The van der Waals surface area contributed by atoms with Gasteiger partial charge < -0.3 is 10.1 Å². The average Bonchev–Trinajstić information content (AvgIpc) is 2.83. The van der Waals surface area contributed by atoms with Crippen molar-refractivity contribution in [3.05, 3.63) is 24.2 Å². The molecule has 0 amide bonds. The van der Waals surface area contributed by atoms with Crippen LogP contribution in [0.2, 0.25) is 0 Å². The van der Waals surface area contributed by atoms with Gasteiger partial charge in [0.2, 0.25) is 5.88 Å². The second-order valence-electron chi connectivity index (χ2n) is 5.94.